The molecule has 2 atom stereocenters. The van der Waals surface area contributed by atoms with Crippen LogP contribution in [0.3, 0.4) is 0 Å². The first-order valence-corrected chi connectivity index (χ1v) is 6.48. The Bertz CT molecular complexity index is 381. The molecule has 0 aliphatic carbocycles. The molecule has 0 fully saturated rings. The fourth-order valence-corrected chi connectivity index (χ4v) is 3.05. The van der Waals surface area contributed by atoms with Crippen LogP contribution in [0.25, 0.3) is 0 Å². The average Bonchev–Trinajstić information content (AvgIpc) is 2.21. The predicted molar refractivity (Wildman–Crippen MR) is 70.0 cm³/mol. The highest BCUT2D eigenvalue weighted by molar-refractivity contribution is 5.43. The molecule has 1 aliphatic rings. The Balaban J connectivity index is 2.47. The summed E-state index contributed by atoms with van der Waals surface area (Å²) in [6.45, 7) is 10.2. The number of hydrogen-bond acceptors (Lipinski definition) is 1. The van der Waals surface area contributed by atoms with Gasteiger partial charge in [-0.2, -0.15) is 0 Å². The first kappa shape index (κ1) is 11.7. The van der Waals surface area contributed by atoms with Crippen LogP contribution in [0.1, 0.15) is 60.9 Å². The van der Waals surface area contributed by atoms with Crippen LogP contribution in [0.2, 0.25) is 0 Å². The minimum Gasteiger partial charge on any atom is -0.309 e. The van der Waals surface area contributed by atoms with Gasteiger partial charge in [-0.15, -0.1) is 0 Å². The Morgan fingerprint density at radius 3 is 2.75 bits per heavy atom. The predicted octanol–water partition coefficient (Wildman–Crippen LogP) is 3.85. The third-order valence-electron chi connectivity index (χ3n) is 3.68. The van der Waals surface area contributed by atoms with Gasteiger partial charge in [0.2, 0.25) is 0 Å². The van der Waals surface area contributed by atoms with Gasteiger partial charge >= 0.3 is 0 Å². The molecule has 2 rings (SSSR count). The first-order valence-electron chi connectivity index (χ1n) is 6.48. The quantitative estimate of drug-likeness (QED) is 0.793. The van der Waals surface area contributed by atoms with Crippen LogP contribution in [-0.4, -0.2) is 6.54 Å². The molecule has 1 heterocycles. The topological polar surface area (TPSA) is 12.0 Å². The molecule has 88 valence electrons. The molecule has 0 saturated heterocycles. The van der Waals surface area contributed by atoms with Gasteiger partial charge in [-0.3, -0.25) is 0 Å². The third kappa shape index (κ3) is 2.01. The molecule has 1 nitrogen and oxygen atoms in total. The van der Waals surface area contributed by atoms with E-state index in [9.17, 15) is 0 Å². The number of nitrogens with one attached hydrogen (secondary N) is 1. The average molecular weight is 217 g/mol. The SMILES string of the molecule is CCCC1NCC(C)c2c(C)cc(C)cc21. The Morgan fingerprint density at radius 2 is 2.06 bits per heavy atom. The molecular weight excluding hydrogens is 194 g/mol. The Kier molecular flexibility index (Phi) is 3.34. The standard InChI is InChI=1S/C15H23N/c1-5-6-14-13-8-10(2)7-11(3)15(13)12(4)9-16-14/h7-8,12,14,16H,5-6,9H2,1-4H3. The van der Waals surface area contributed by atoms with Crippen molar-refractivity contribution in [2.75, 3.05) is 6.54 Å². The highest BCUT2D eigenvalue weighted by atomic mass is 14.9. The second-order valence-electron chi connectivity index (χ2n) is 5.24. The second kappa shape index (κ2) is 4.58. The van der Waals surface area contributed by atoms with Crippen molar-refractivity contribution in [2.45, 2.75) is 52.5 Å². The van der Waals surface area contributed by atoms with E-state index in [1.165, 1.54) is 24.0 Å². The van der Waals surface area contributed by atoms with Crippen LogP contribution < -0.4 is 5.32 Å². The zero-order valence-corrected chi connectivity index (χ0v) is 10.9. The smallest absolute Gasteiger partial charge is 0.0323 e. The second-order valence-corrected chi connectivity index (χ2v) is 5.24. The van der Waals surface area contributed by atoms with Gasteiger partial charge in [0.05, 0.1) is 0 Å². The largest absolute Gasteiger partial charge is 0.309 e. The van der Waals surface area contributed by atoms with E-state index in [2.05, 4.69) is 45.1 Å². The van der Waals surface area contributed by atoms with E-state index >= 15 is 0 Å². The molecule has 2 unspecified atom stereocenters. The van der Waals surface area contributed by atoms with Gasteiger partial charge in [-0.25, -0.2) is 0 Å². The van der Waals surface area contributed by atoms with E-state index < -0.39 is 0 Å². The van der Waals surface area contributed by atoms with E-state index in [0.29, 0.717) is 12.0 Å². The van der Waals surface area contributed by atoms with Crippen molar-refractivity contribution < 1.29 is 0 Å². The van der Waals surface area contributed by atoms with E-state index in [0.717, 1.165) is 6.54 Å². The van der Waals surface area contributed by atoms with Gasteiger partial charge in [-0.05, 0) is 42.9 Å². The lowest BCUT2D eigenvalue weighted by atomic mass is 9.82. The molecule has 1 aromatic carbocycles. The van der Waals surface area contributed by atoms with Crippen LogP contribution in [0.15, 0.2) is 12.1 Å². The summed E-state index contributed by atoms with van der Waals surface area (Å²) in [5.41, 5.74) is 6.03. The van der Waals surface area contributed by atoms with Crippen LogP contribution >= 0.6 is 0 Å². The van der Waals surface area contributed by atoms with E-state index in [-0.39, 0.29) is 0 Å². The van der Waals surface area contributed by atoms with Crippen molar-refractivity contribution in [3.8, 4) is 0 Å². The molecule has 16 heavy (non-hydrogen) atoms. The summed E-state index contributed by atoms with van der Waals surface area (Å²) < 4.78 is 0. The van der Waals surface area contributed by atoms with E-state index in [1.807, 2.05) is 0 Å². The molecule has 1 aromatic rings. The molecule has 0 saturated carbocycles. The highest BCUT2D eigenvalue weighted by Crippen LogP contribution is 2.35. The first-order chi connectivity index (χ1) is 7.63. The summed E-state index contributed by atoms with van der Waals surface area (Å²) in [6, 6.07) is 5.28. The number of hydrogen-bond donors (Lipinski definition) is 1. The maximum atomic E-state index is 3.68. The molecule has 1 N–H and O–H groups in total. The summed E-state index contributed by atoms with van der Waals surface area (Å²) in [5, 5.41) is 3.68. The van der Waals surface area contributed by atoms with E-state index in [4.69, 9.17) is 0 Å². The van der Waals surface area contributed by atoms with Gasteiger partial charge in [-0.1, -0.05) is 38.0 Å². The van der Waals surface area contributed by atoms with Gasteiger partial charge < -0.3 is 5.32 Å². The Labute approximate surface area is 99.3 Å². The third-order valence-corrected chi connectivity index (χ3v) is 3.68. The Morgan fingerprint density at radius 1 is 1.31 bits per heavy atom. The van der Waals surface area contributed by atoms with Crippen molar-refractivity contribution in [1.82, 2.24) is 5.32 Å². The fraction of sp³-hybridized carbons (Fsp3) is 0.600. The highest BCUT2D eigenvalue weighted by Gasteiger charge is 2.25. The lowest BCUT2D eigenvalue weighted by Crippen LogP contribution is -2.32. The zero-order valence-electron chi connectivity index (χ0n) is 10.9. The van der Waals surface area contributed by atoms with Gasteiger partial charge in [0.25, 0.3) is 0 Å². The summed E-state index contributed by atoms with van der Waals surface area (Å²) >= 11 is 0. The minimum absolute atomic E-state index is 0.579. The molecule has 1 aliphatic heterocycles. The van der Waals surface area contributed by atoms with Crippen LogP contribution in [0.4, 0.5) is 0 Å². The van der Waals surface area contributed by atoms with Crippen molar-refractivity contribution in [1.29, 1.82) is 0 Å². The summed E-state index contributed by atoms with van der Waals surface area (Å²) in [6.07, 6.45) is 2.50. The van der Waals surface area contributed by atoms with Crippen molar-refractivity contribution >= 4 is 0 Å². The number of fused-ring (bicyclic) bond motifs is 1. The lowest BCUT2D eigenvalue weighted by molar-refractivity contribution is 0.439. The molecule has 0 bridgehead atoms. The molecule has 0 amide bonds. The summed E-state index contributed by atoms with van der Waals surface area (Å²) in [5.74, 6) is 0.656. The van der Waals surface area contributed by atoms with Crippen LogP contribution in [0.5, 0.6) is 0 Å². The van der Waals surface area contributed by atoms with Gasteiger partial charge in [0, 0.05) is 12.6 Å². The molecule has 1 heteroatoms. The fourth-order valence-electron chi connectivity index (χ4n) is 3.05. The maximum Gasteiger partial charge on any atom is 0.0323 e. The van der Waals surface area contributed by atoms with E-state index in [1.54, 1.807) is 11.1 Å². The van der Waals surface area contributed by atoms with Crippen LogP contribution in [-0.2, 0) is 0 Å². The Hall–Kier alpha value is -0.820. The van der Waals surface area contributed by atoms with Crippen molar-refractivity contribution in [3.05, 3.63) is 34.4 Å². The normalized spacial score (nSPS) is 24.2. The molecule has 0 aromatic heterocycles. The molecule has 0 radical (unpaired) electrons. The maximum absolute atomic E-state index is 3.68. The number of rotatable bonds is 2. The van der Waals surface area contributed by atoms with Gasteiger partial charge in [0.15, 0.2) is 0 Å². The number of benzene rings is 1. The van der Waals surface area contributed by atoms with Gasteiger partial charge in [0.1, 0.15) is 0 Å². The van der Waals surface area contributed by atoms with Crippen molar-refractivity contribution in [3.63, 3.8) is 0 Å². The lowest BCUT2D eigenvalue weighted by Gasteiger charge is -2.32. The summed E-state index contributed by atoms with van der Waals surface area (Å²) in [4.78, 5) is 0. The minimum atomic E-state index is 0.579. The summed E-state index contributed by atoms with van der Waals surface area (Å²) in [7, 11) is 0. The molecule has 0 spiro atoms. The van der Waals surface area contributed by atoms with Crippen LogP contribution in [0, 0.1) is 13.8 Å². The molecular formula is C15H23N. The number of aryl methyl sites for hydroxylation is 2. The zero-order chi connectivity index (χ0) is 11.7. The monoisotopic (exact) mass is 217 g/mol. The van der Waals surface area contributed by atoms with Crippen molar-refractivity contribution in [2.24, 2.45) is 0 Å².